The summed E-state index contributed by atoms with van der Waals surface area (Å²) in [4.78, 5) is 14.1. The van der Waals surface area contributed by atoms with E-state index < -0.39 is 0 Å². The lowest BCUT2D eigenvalue weighted by atomic mass is 10.1. The normalized spacial score (nSPS) is 11.2. The molecule has 0 radical (unpaired) electrons. The molecule has 2 aromatic carbocycles. The summed E-state index contributed by atoms with van der Waals surface area (Å²) in [6, 6.07) is 14.0. The molecule has 31 heavy (non-hydrogen) atoms. The van der Waals surface area contributed by atoms with E-state index in [1.165, 1.54) is 0 Å². The molecular formula is C24H24ClN3O2S. The largest absolute Gasteiger partial charge is 0.466 e. The Bertz CT molecular complexity index is 1250. The highest BCUT2D eigenvalue weighted by Crippen LogP contribution is 2.40. The van der Waals surface area contributed by atoms with Gasteiger partial charge in [-0.2, -0.15) is 5.10 Å². The number of carbonyl (C=O) groups excluding carboxylic acids is 1. The zero-order valence-electron chi connectivity index (χ0n) is 17.8. The van der Waals surface area contributed by atoms with Gasteiger partial charge in [-0.1, -0.05) is 41.6 Å². The molecule has 0 amide bonds. The van der Waals surface area contributed by atoms with E-state index in [-0.39, 0.29) is 12.4 Å². The lowest BCUT2D eigenvalue weighted by Crippen LogP contribution is -2.07. The molecule has 0 aliphatic rings. The van der Waals surface area contributed by atoms with Gasteiger partial charge in [0.25, 0.3) is 0 Å². The van der Waals surface area contributed by atoms with Crippen LogP contribution in [0.15, 0.2) is 64.6 Å². The van der Waals surface area contributed by atoms with Crippen LogP contribution in [0.2, 0.25) is 5.02 Å². The summed E-state index contributed by atoms with van der Waals surface area (Å²) < 4.78 is 9.20. The second-order valence-electron chi connectivity index (χ2n) is 7.20. The number of fused-ring (bicyclic) bond motifs is 1. The number of aromatic nitrogens is 3. The van der Waals surface area contributed by atoms with E-state index in [0.717, 1.165) is 44.2 Å². The highest BCUT2D eigenvalue weighted by atomic mass is 35.5. The van der Waals surface area contributed by atoms with Gasteiger partial charge in [0, 0.05) is 38.6 Å². The zero-order chi connectivity index (χ0) is 22.0. The number of hydrogen-bond donors (Lipinski definition) is 0. The van der Waals surface area contributed by atoms with E-state index in [1.54, 1.807) is 11.8 Å². The van der Waals surface area contributed by atoms with Gasteiger partial charge in [-0.3, -0.25) is 9.48 Å². The second kappa shape index (κ2) is 9.20. The van der Waals surface area contributed by atoms with Gasteiger partial charge >= 0.3 is 5.97 Å². The lowest BCUT2D eigenvalue weighted by Gasteiger charge is -2.07. The Hall–Kier alpha value is -2.70. The van der Waals surface area contributed by atoms with Crippen molar-refractivity contribution in [2.24, 2.45) is 0 Å². The maximum absolute atomic E-state index is 11.9. The zero-order valence-corrected chi connectivity index (χ0v) is 19.3. The van der Waals surface area contributed by atoms with Crippen LogP contribution in [0.3, 0.4) is 0 Å². The van der Waals surface area contributed by atoms with E-state index in [1.807, 2.05) is 48.3 Å². The fourth-order valence-electron chi connectivity index (χ4n) is 3.68. The summed E-state index contributed by atoms with van der Waals surface area (Å²) in [7, 11) is 0. The SMILES string of the molecule is CCOC(=O)Cc1cccc(Sc2c(C)n(-c3cnn(CC)c3)c3cc(Cl)ccc23)c1. The minimum Gasteiger partial charge on any atom is -0.466 e. The molecule has 160 valence electrons. The monoisotopic (exact) mass is 453 g/mol. The average molecular weight is 454 g/mol. The summed E-state index contributed by atoms with van der Waals surface area (Å²) in [5.74, 6) is -0.208. The van der Waals surface area contributed by atoms with E-state index in [4.69, 9.17) is 16.3 Å². The van der Waals surface area contributed by atoms with Crippen molar-refractivity contribution in [2.75, 3.05) is 6.61 Å². The third-order valence-electron chi connectivity index (χ3n) is 5.08. The molecule has 0 aliphatic carbocycles. The number of ether oxygens (including phenoxy) is 1. The fraction of sp³-hybridized carbons (Fsp3) is 0.250. The Kier molecular flexibility index (Phi) is 6.39. The van der Waals surface area contributed by atoms with Gasteiger partial charge in [0.05, 0.1) is 30.4 Å². The van der Waals surface area contributed by atoms with Crippen LogP contribution < -0.4 is 0 Å². The summed E-state index contributed by atoms with van der Waals surface area (Å²) in [5.41, 5.74) is 4.12. The van der Waals surface area contributed by atoms with Crippen molar-refractivity contribution >= 4 is 40.2 Å². The molecule has 0 fully saturated rings. The molecule has 0 saturated carbocycles. The second-order valence-corrected chi connectivity index (χ2v) is 8.72. The highest BCUT2D eigenvalue weighted by molar-refractivity contribution is 7.99. The van der Waals surface area contributed by atoms with Crippen molar-refractivity contribution in [2.45, 2.75) is 43.5 Å². The van der Waals surface area contributed by atoms with Crippen molar-refractivity contribution in [3.05, 3.63) is 71.1 Å². The molecule has 2 aromatic heterocycles. The quantitative estimate of drug-likeness (QED) is 0.319. The summed E-state index contributed by atoms with van der Waals surface area (Å²) >= 11 is 8.03. The van der Waals surface area contributed by atoms with E-state index >= 15 is 0 Å². The number of rotatable bonds is 7. The first-order valence-corrected chi connectivity index (χ1v) is 11.5. The van der Waals surface area contributed by atoms with E-state index in [2.05, 4.69) is 41.7 Å². The van der Waals surface area contributed by atoms with Gasteiger partial charge in [0.1, 0.15) is 0 Å². The average Bonchev–Trinajstić information content (AvgIpc) is 3.31. The first kappa shape index (κ1) is 21.5. The van der Waals surface area contributed by atoms with Crippen LogP contribution in [0.4, 0.5) is 0 Å². The molecule has 0 unspecified atom stereocenters. The third-order valence-corrected chi connectivity index (χ3v) is 6.53. The number of carbonyl (C=O) groups is 1. The van der Waals surface area contributed by atoms with Gasteiger partial charge in [0.15, 0.2) is 0 Å². The van der Waals surface area contributed by atoms with Crippen molar-refractivity contribution in [1.82, 2.24) is 14.3 Å². The molecule has 0 saturated heterocycles. The van der Waals surface area contributed by atoms with Gasteiger partial charge in [-0.15, -0.1) is 0 Å². The molecule has 0 aliphatic heterocycles. The van der Waals surface area contributed by atoms with Gasteiger partial charge in [-0.25, -0.2) is 0 Å². The number of hydrogen-bond acceptors (Lipinski definition) is 4. The Morgan fingerprint density at radius 2 is 2.03 bits per heavy atom. The van der Waals surface area contributed by atoms with Crippen LogP contribution in [0.5, 0.6) is 0 Å². The van der Waals surface area contributed by atoms with Gasteiger partial charge < -0.3 is 9.30 Å². The number of benzene rings is 2. The molecule has 0 atom stereocenters. The molecule has 4 rings (SSSR count). The minimum absolute atomic E-state index is 0.208. The van der Waals surface area contributed by atoms with Gasteiger partial charge in [-0.05, 0) is 50.6 Å². The predicted octanol–water partition coefficient (Wildman–Crippen LogP) is 6.07. The Morgan fingerprint density at radius 3 is 2.77 bits per heavy atom. The van der Waals surface area contributed by atoms with Crippen LogP contribution in [0.1, 0.15) is 25.1 Å². The lowest BCUT2D eigenvalue weighted by molar-refractivity contribution is -0.142. The van der Waals surface area contributed by atoms with Crippen LogP contribution in [-0.4, -0.2) is 26.9 Å². The molecule has 5 nitrogen and oxygen atoms in total. The number of halogens is 1. The van der Waals surface area contributed by atoms with Crippen LogP contribution in [-0.2, 0) is 22.5 Å². The maximum atomic E-state index is 11.9. The van der Waals surface area contributed by atoms with Crippen molar-refractivity contribution < 1.29 is 9.53 Å². The smallest absolute Gasteiger partial charge is 0.310 e. The van der Waals surface area contributed by atoms with Crippen molar-refractivity contribution in [3.63, 3.8) is 0 Å². The molecule has 2 heterocycles. The summed E-state index contributed by atoms with van der Waals surface area (Å²) in [6.45, 7) is 7.21. The summed E-state index contributed by atoms with van der Waals surface area (Å²) in [6.07, 6.45) is 4.20. The van der Waals surface area contributed by atoms with Crippen LogP contribution >= 0.6 is 23.4 Å². The highest BCUT2D eigenvalue weighted by Gasteiger charge is 2.18. The predicted molar refractivity (Wildman–Crippen MR) is 125 cm³/mol. The molecule has 7 heteroatoms. The van der Waals surface area contributed by atoms with E-state index in [9.17, 15) is 4.79 Å². The number of nitrogens with zero attached hydrogens (tertiary/aromatic N) is 3. The van der Waals surface area contributed by atoms with Crippen molar-refractivity contribution in [1.29, 1.82) is 0 Å². The molecular weight excluding hydrogens is 430 g/mol. The molecule has 4 aromatic rings. The first-order chi connectivity index (χ1) is 15.0. The molecule has 0 N–H and O–H groups in total. The Balaban J connectivity index is 1.75. The molecule has 0 spiro atoms. The van der Waals surface area contributed by atoms with E-state index in [0.29, 0.717) is 11.6 Å². The fourth-order valence-corrected chi connectivity index (χ4v) is 4.96. The minimum atomic E-state index is -0.208. The topological polar surface area (TPSA) is 49.1 Å². The maximum Gasteiger partial charge on any atom is 0.310 e. The number of esters is 1. The van der Waals surface area contributed by atoms with Crippen LogP contribution in [0, 0.1) is 6.92 Å². The summed E-state index contributed by atoms with van der Waals surface area (Å²) in [5, 5.41) is 6.27. The van der Waals surface area contributed by atoms with Crippen LogP contribution in [0.25, 0.3) is 16.6 Å². The van der Waals surface area contributed by atoms with Gasteiger partial charge in [0.2, 0.25) is 0 Å². The standard InChI is InChI=1S/C24H24ClN3O2S/c1-4-27-15-19(14-26-27)28-16(3)24(21-10-9-18(25)13-22(21)28)31-20-8-6-7-17(11-20)12-23(29)30-5-2/h6-11,13-15H,4-5,12H2,1-3H3. The Labute approximate surface area is 191 Å². The number of aryl methyl sites for hydroxylation is 1. The Morgan fingerprint density at radius 1 is 1.19 bits per heavy atom. The third kappa shape index (κ3) is 4.50. The first-order valence-electron chi connectivity index (χ1n) is 10.3. The van der Waals surface area contributed by atoms with Crippen molar-refractivity contribution in [3.8, 4) is 5.69 Å². The molecule has 0 bridgehead atoms.